The number of rotatable bonds is 2. The number of anilines is 3. The summed E-state index contributed by atoms with van der Waals surface area (Å²) in [4.78, 5) is 13.5. The van der Waals surface area contributed by atoms with Crippen LogP contribution in [0.4, 0.5) is 17.5 Å². The van der Waals surface area contributed by atoms with E-state index < -0.39 is 0 Å². The molecule has 0 atom stereocenters. The molecular formula is C16H17N5OS. The number of hydrogen-bond donors (Lipinski definition) is 2. The van der Waals surface area contributed by atoms with E-state index in [1.807, 2.05) is 23.6 Å². The first kappa shape index (κ1) is 14.1. The number of aromatic hydroxyl groups is 1. The van der Waals surface area contributed by atoms with Crippen molar-refractivity contribution < 1.29 is 5.11 Å². The van der Waals surface area contributed by atoms with Crippen molar-refractivity contribution in [3.05, 3.63) is 35.7 Å². The SMILES string of the molecule is Nc1nc(N2CCN(c3ccc(O)cc3)CC2)nc2ccsc12. The maximum absolute atomic E-state index is 9.39. The second kappa shape index (κ2) is 5.58. The van der Waals surface area contributed by atoms with Gasteiger partial charge in [-0.05, 0) is 35.7 Å². The number of nitrogens with two attached hydrogens (primary N) is 1. The van der Waals surface area contributed by atoms with Crippen molar-refractivity contribution in [2.45, 2.75) is 0 Å². The summed E-state index contributed by atoms with van der Waals surface area (Å²) in [5.74, 6) is 1.56. The smallest absolute Gasteiger partial charge is 0.228 e. The van der Waals surface area contributed by atoms with E-state index >= 15 is 0 Å². The third kappa shape index (κ3) is 2.63. The minimum absolute atomic E-state index is 0.292. The highest BCUT2D eigenvalue weighted by molar-refractivity contribution is 7.17. The van der Waals surface area contributed by atoms with Gasteiger partial charge in [0.15, 0.2) is 0 Å². The Morgan fingerprint density at radius 1 is 0.957 bits per heavy atom. The molecule has 3 aromatic rings. The van der Waals surface area contributed by atoms with Gasteiger partial charge in [0.1, 0.15) is 11.6 Å². The van der Waals surface area contributed by atoms with E-state index in [0.29, 0.717) is 17.5 Å². The molecule has 0 bridgehead atoms. The summed E-state index contributed by atoms with van der Waals surface area (Å²) in [6.45, 7) is 3.46. The van der Waals surface area contributed by atoms with Gasteiger partial charge in [-0.15, -0.1) is 11.3 Å². The number of piperazine rings is 1. The molecule has 7 heteroatoms. The molecule has 0 radical (unpaired) electrons. The van der Waals surface area contributed by atoms with Crippen molar-refractivity contribution in [2.75, 3.05) is 41.7 Å². The summed E-state index contributed by atoms with van der Waals surface area (Å²) in [7, 11) is 0. The summed E-state index contributed by atoms with van der Waals surface area (Å²) >= 11 is 1.57. The van der Waals surface area contributed by atoms with Crippen molar-refractivity contribution in [3.8, 4) is 5.75 Å². The summed E-state index contributed by atoms with van der Waals surface area (Å²) < 4.78 is 0.955. The topological polar surface area (TPSA) is 78.5 Å². The summed E-state index contributed by atoms with van der Waals surface area (Å²) in [5.41, 5.74) is 8.08. The number of phenols is 1. The van der Waals surface area contributed by atoms with Gasteiger partial charge in [-0.1, -0.05) is 0 Å². The number of aromatic nitrogens is 2. The molecule has 2 aromatic heterocycles. The Balaban J connectivity index is 1.51. The predicted octanol–water partition coefficient (Wildman–Crippen LogP) is 2.31. The predicted molar refractivity (Wildman–Crippen MR) is 94.4 cm³/mol. The van der Waals surface area contributed by atoms with Crippen LogP contribution in [0, 0.1) is 0 Å². The van der Waals surface area contributed by atoms with Crippen LogP contribution in [0.5, 0.6) is 5.75 Å². The first-order valence-electron chi connectivity index (χ1n) is 7.50. The fraction of sp³-hybridized carbons (Fsp3) is 0.250. The van der Waals surface area contributed by atoms with Gasteiger partial charge in [-0.2, -0.15) is 4.98 Å². The van der Waals surface area contributed by atoms with Crippen molar-refractivity contribution in [1.82, 2.24) is 9.97 Å². The first-order valence-corrected chi connectivity index (χ1v) is 8.38. The minimum Gasteiger partial charge on any atom is -0.508 e. The molecule has 4 rings (SSSR count). The number of thiophene rings is 1. The van der Waals surface area contributed by atoms with Crippen LogP contribution in [0.2, 0.25) is 0 Å². The van der Waals surface area contributed by atoms with Gasteiger partial charge in [-0.25, -0.2) is 4.98 Å². The van der Waals surface area contributed by atoms with Crippen molar-refractivity contribution in [1.29, 1.82) is 0 Å². The van der Waals surface area contributed by atoms with Crippen LogP contribution < -0.4 is 15.5 Å². The molecule has 0 aliphatic carbocycles. The minimum atomic E-state index is 0.292. The Morgan fingerprint density at radius 2 is 1.65 bits per heavy atom. The Morgan fingerprint density at radius 3 is 2.39 bits per heavy atom. The lowest BCUT2D eigenvalue weighted by Gasteiger charge is -2.36. The molecule has 1 saturated heterocycles. The normalized spacial score (nSPS) is 15.3. The molecule has 1 aliphatic rings. The Bertz CT molecular complexity index is 824. The zero-order chi connectivity index (χ0) is 15.8. The maximum atomic E-state index is 9.39. The fourth-order valence-corrected chi connectivity index (χ4v) is 3.58. The second-order valence-corrected chi connectivity index (χ2v) is 6.45. The number of hydrogen-bond acceptors (Lipinski definition) is 7. The molecule has 0 saturated carbocycles. The zero-order valence-corrected chi connectivity index (χ0v) is 13.3. The van der Waals surface area contributed by atoms with Crippen LogP contribution in [0.15, 0.2) is 35.7 Å². The van der Waals surface area contributed by atoms with Gasteiger partial charge < -0.3 is 20.6 Å². The third-order valence-corrected chi connectivity index (χ3v) is 5.02. The number of fused-ring (bicyclic) bond motifs is 1. The Kier molecular flexibility index (Phi) is 3.42. The summed E-state index contributed by atoms with van der Waals surface area (Å²) in [6, 6.07) is 9.30. The number of nitrogen functional groups attached to an aromatic ring is 1. The van der Waals surface area contributed by atoms with Crippen LogP contribution in [-0.2, 0) is 0 Å². The number of nitrogens with zero attached hydrogens (tertiary/aromatic N) is 4. The van der Waals surface area contributed by atoms with E-state index in [0.717, 1.165) is 42.1 Å². The lowest BCUT2D eigenvalue weighted by atomic mass is 10.2. The van der Waals surface area contributed by atoms with Gasteiger partial charge in [0.2, 0.25) is 5.95 Å². The molecule has 1 aliphatic heterocycles. The van der Waals surface area contributed by atoms with Crippen LogP contribution in [0.25, 0.3) is 10.2 Å². The molecule has 0 spiro atoms. The second-order valence-electron chi connectivity index (χ2n) is 5.53. The maximum Gasteiger partial charge on any atom is 0.228 e. The van der Waals surface area contributed by atoms with Crippen LogP contribution in [0.1, 0.15) is 0 Å². The quantitative estimate of drug-likeness (QED) is 0.752. The third-order valence-electron chi connectivity index (χ3n) is 4.10. The van der Waals surface area contributed by atoms with Gasteiger partial charge in [0.05, 0.1) is 10.2 Å². The Hall–Kier alpha value is -2.54. The summed E-state index contributed by atoms with van der Waals surface area (Å²) in [5, 5.41) is 11.4. The largest absolute Gasteiger partial charge is 0.508 e. The van der Waals surface area contributed by atoms with Crippen LogP contribution >= 0.6 is 11.3 Å². The number of benzene rings is 1. The van der Waals surface area contributed by atoms with Gasteiger partial charge in [0.25, 0.3) is 0 Å². The highest BCUT2D eigenvalue weighted by Gasteiger charge is 2.20. The molecule has 6 nitrogen and oxygen atoms in total. The van der Waals surface area contributed by atoms with Gasteiger partial charge in [0, 0.05) is 31.9 Å². The fourth-order valence-electron chi connectivity index (χ4n) is 2.84. The number of phenolic OH excluding ortho intramolecular Hbond substituents is 1. The zero-order valence-electron chi connectivity index (χ0n) is 12.5. The lowest BCUT2D eigenvalue weighted by molar-refractivity contribution is 0.475. The highest BCUT2D eigenvalue weighted by Crippen LogP contribution is 2.27. The molecule has 3 N–H and O–H groups in total. The first-order chi connectivity index (χ1) is 11.2. The summed E-state index contributed by atoms with van der Waals surface area (Å²) in [6.07, 6.45) is 0. The molecular weight excluding hydrogens is 310 g/mol. The van der Waals surface area contributed by atoms with Crippen LogP contribution in [0.3, 0.4) is 0 Å². The Labute approximate surface area is 137 Å². The van der Waals surface area contributed by atoms with E-state index in [-0.39, 0.29) is 0 Å². The van der Waals surface area contributed by atoms with Crippen molar-refractivity contribution >= 4 is 39.0 Å². The standard InChI is InChI=1S/C16H17N5OS/c17-15-14-13(5-10-23-14)18-16(19-15)21-8-6-20(7-9-21)11-1-3-12(22)4-2-11/h1-5,10,22H,6-9H2,(H2,17,18,19). The van der Waals surface area contributed by atoms with E-state index in [9.17, 15) is 5.11 Å². The molecule has 23 heavy (non-hydrogen) atoms. The molecule has 1 aromatic carbocycles. The van der Waals surface area contributed by atoms with Crippen molar-refractivity contribution in [3.63, 3.8) is 0 Å². The molecule has 118 valence electrons. The molecule has 0 amide bonds. The van der Waals surface area contributed by atoms with Crippen molar-refractivity contribution in [2.24, 2.45) is 0 Å². The average molecular weight is 327 g/mol. The average Bonchev–Trinajstić information content (AvgIpc) is 3.05. The van der Waals surface area contributed by atoms with Gasteiger partial charge in [-0.3, -0.25) is 0 Å². The molecule has 0 unspecified atom stereocenters. The van der Waals surface area contributed by atoms with E-state index in [2.05, 4.69) is 19.8 Å². The monoisotopic (exact) mass is 327 g/mol. The highest BCUT2D eigenvalue weighted by atomic mass is 32.1. The van der Waals surface area contributed by atoms with Crippen LogP contribution in [-0.4, -0.2) is 41.3 Å². The molecule has 1 fully saturated rings. The van der Waals surface area contributed by atoms with E-state index in [4.69, 9.17) is 5.73 Å². The van der Waals surface area contributed by atoms with E-state index in [1.165, 1.54) is 0 Å². The lowest BCUT2D eigenvalue weighted by Crippen LogP contribution is -2.47. The van der Waals surface area contributed by atoms with E-state index in [1.54, 1.807) is 23.5 Å². The molecule has 3 heterocycles. The van der Waals surface area contributed by atoms with Gasteiger partial charge >= 0.3 is 0 Å².